The normalized spacial score (nSPS) is 12.0. The molecule has 0 fully saturated rings. The zero-order valence-electron chi connectivity index (χ0n) is 11.0. The SMILES string of the molecule is CC(C)NC(=O)NC(=O)[C@@H](C)Sc1cccc[n+]1[O-]. The summed E-state index contributed by atoms with van der Waals surface area (Å²) in [6.45, 7) is 5.23. The van der Waals surface area contributed by atoms with Crippen molar-refractivity contribution in [1.82, 2.24) is 10.6 Å². The van der Waals surface area contributed by atoms with Crippen LogP contribution in [0.4, 0.5) is 4.79 Å². The zero-order chi connectivity index (χ0) is 14.4. The zero-order valence-corrected chi connectivity index (χ0v) is 11.9. The minimum absolute atomic E-state index is 0.0475. The van der Waals surface area contributed by atoms with Crippen LogP contribution in [0.3, 0.4) is 0 Å². The van der Waals surface area contributed by atoms with Crippen molar-refractivity contribution in [2.75, 3.05) is 0 Å². The molecule has 6 nitrogen and oxygen atoms in total. The Labute approximate surface area is 116 Å². The Balaban J connectivity index is 2.54. The van der Waals surface area contributed by atoms with Crippen LogP contribution >= 0.6 is 11.8 Å². The molecule has 19 heavy (non-hydrogen) atoms. The van der Waals surface area contributed by atoms with Gasteiger partial charge >= 0.3 is 6.03 Å². The quantitative estimate of drug-likeness (QED) is 0.491. The molecule has 0 unspecified atom stereocenters. The van der Waals surface area contributed by atoms with Crippen molar-refractivity contribution in [1.29, 1.82) is 0 Å². The van der Waals surface area contributed by atoms with Crippen LogP contribution in [0.25, 0.3) is 0 Å². The summed E-state index contributed by atoms with van der Waals surface area (Å²) in [5, 5.41) is 16.1. The van der Waals surface area contributed by atoms with Crippen molar-refractivity contribution in [2.45, 2.75) is 37.1 Å². The van der Waals surface area contributed by atoms with Crippen LogP contribution in [-0.4, -0.2) is 23.2 Å². The first kappa shape index (κ1) is 15.3. The number of nitrogens with zero attached hydrogens (tertiary/aromatic N) is 1. The summed E-state index contributed by atoms with van der Waals surface area (Å²) in [5.41, 5.74) is 0. The Kier molecular flexibility index (Phi) is 5.62. The van der Waals surface area contributed by atoms with Gasteiger partial charge in [-0.15, -0.1) is 0 Å². The van der Waals surface area contributed by atoms with Crippen molar-refractivity contribution in [3.8, 4) is 0 Å². The summed E-state index contributed by atoms with van der Waals surface area (Å²) >= 11 is 1.10. The number of hydrogen-bond acceptors (Lipinski definition) is 4. The molecule has 0 aliphatic heterocycles. The lowest BCUT2D eigenvalue weighted by molar-refractivity contribution is -0.645. The maximum atomic E-state index is 11.7. The van der Waals surface area contributed by atoms with Crippen LogP contribution < -0.4 is 15.4 Å². The van der Waals surface area contributed by atoms with Gasteiger partial charge in [-0.05, 0) is 38.6 Å². The number of nitrogens with one attached hydrogen (secondary N) is 2. The topological polar surface area (TPSA) is 85.1 Å². The van der Waals surface area contributed by atoms with Gasteiger partial charge in [-0.3, -0.25) is 10.1 Å². The fourth-order valence-corrected chi connectivity index (χ4v) is 2.10. The van der Waals surface area contributed by atoms with Crippen LogP contribution in [0.2, 0.25) is 0 Å². The number of rotatable bonds is 4. The molecule has 0 aliphatic carbocycles. The fraction of sp³-hybridized carbons (Fsp3) is 0.417. The number of urea groups is 1. The van der Waals surface area contributed by atoms with Gasteiger partial charge < -0.3 is 10.5 Å². The minimum atomic E-state index is -0.541. The van der Waals surface area contributed by atoms with E-state index in [1.54, 1.807) is 39.0 Å². The van der Waals surface area contributed by atoms with Crippen LogP contribution in [0.5, 0.6) is 0 Å². The van der Waals surface area contributed by atoms with E-state index >= 15 is 0 Å². The lowest BCUT2D eigenvalue weighted by Crippen LogP contribution is -2.45. The molecule has 0 saturated heterocycles. The molecule has 0 aromatic carbocycles. The Hall–Kier alpha value is -1.76. The van der Waals surface area contributed by atoms with E-state index < -0.39 is 17.2 Å². The van der Waals surface area contributed by atoms with E-state index in [9.17, 15) is 14.8 Å². The molecule has 1 atom stereocenters. The summed E-state index contributed by atoms with van der Waals surface area (Å²) < 4.78 is 0.683. The summed E-state index contributed by atoms with van der Waals surface area (Å²) in [6, 6.07) is 4.37. The molecule has 7 heteroatoms. The number of amides is 3. The minimum Gasteiger partial charge on any atom is -0.618 e. The third kappa shape index (κ3) is 5.17. The molecule has 0 radical (unpaired) electrons. The second kappa shape index (κ2) is 6.98. The number of aromatic nitrogens is 1. The highest BCUT2D eigenvalue weighted by Gasteiger charge is 2.20. The molecule has 1 aromatic heterocycles. The third-order valence-electron chi connectivity index (χ3n) is 2.11. The van der Waals surface area contributed by atoms with Crippen molar-refractivity contribution < 1.29 is 14.3 Å². The first-order valence-electron chi connectivity index (χ1n) is 5.86. The second-order valence-corrected chi connectivity index (χ2v) is 5.60. The molecule has 1 rings (SSSR count). The van der Waals surface area contributed by atoms with E-state index in [0.29, 0.717) is 9.76 Å². The Morgan fingerprint density at radius 1 is 1.32 bits per heavy atom. The van der Waals surface area contributed by atoms with Crippen molar-refractivity contribution in [2.24, 2.45) is 0 Å². The Morgan fingerprint density at radius 2 is 2.00 bits per heavy atom. The highest BCUT2D eigenvalue weighted by Crippen LogP contribution is 2.19. The number of imide groups is 1. The largest absolute Gasteiger partial charge is 0.618 e. The molecular weight excluding hydrogens is 266 g/mol. The monoisotopic (exact) mass is 283 g/mol. The first-order chi connectivity index (χ1) is 8.90. The second-order valence-electron chi connectivity index (χ2n) is 4.24. The van der Waals surface area contributed by atoms with Crippen molar-refractivity contribution in [3.05, 3.63) is 29.6 Å². The average Bonchev–Trinajstić information content (AvgIpc) is 2.30. The van der Waals surface area contributed by atoms with Crippen LogP contribution in [0, 0.1) is 5.21 Å². The molecule has 0 saturated carbocycles. The van der Waals surface area contributed by atoms with E-state index in [-0.39, 0.29) is 6.04 Å². The number of thioether (sulfide) groups is 1. The van der Waals surface area contributed by atoms with E-state index in [1.807, 2.05) is 0 Å². The van der Waals surface area contributed by atoms with Crippen LogP contribution in [0.15, 0.2) is 29.4 Å². The van der Waals surface area contributed by atoms with E-state index in [2.05, 4.69) is 10.6 Å². The van der Waals surface area contributed by atoms with Crippen LogP contribution in [0.1, 0.15) is 20.8 Å². The summed E-state index contributed by atoms with van der Waals surface area (Å²) in [6.07, 6.45) is 1.36. The average molecular weight is 283 g/mol. The maximum absolute atomic E-state index is 11.7. The number of pyridine rings is 1. The van der Waals surface area contributed by atoms with Gasteiger partial charge in [0, 0.05) is 18.2 Å². The molecular formula is C12H17N3O3S. The van der Waals surface area contributed by atoms with E-state index in [0.717, 1.165) is 11.8 Å². The summed E-state index contributed by atoms with van der Waals surface area (Å²) in [4.78, 5) is 23.1. The Morgan fingerprint density at radius 3 is 2.58 bits per heavy atom. The van der Waals surface area contributed by atoms with Gasteiger partial charge in [0.05, 0.1) is 5.25 Å². The molecule has 0 spiro atoms. The predicted octanol–water partition coefficient (Wildman–Crippen LogP) is 1.03. The molecule has 1 heterocycles. The van der Waals surface area contributed by atoms with Crippen molar-refractivity contribution >= 4 is 23.7 Å². The number of carbonyl (C=O) groups is 2. The van der Waals surface area contributed by atoms with E-state index in [4.69, 9.17) is 0 Å². The number of carbonyl (C=O) groups excluding carboxylic acids is 2. The summed E-state index contributed by atoms with van der Waals surface area (Å²) in [5.74, 6) is -0.438. The van der Waals surface area contributed by atoms with Gasteiger partial charge in [0.15, 0.2) is 6.20 Å². The van der Waals surface area contributed by atoms with Gasteiger partial charge in [-0.25, -0.2) is 4.79 Å². The molecule has 2 N–H and O–H groups in total. The lowest BCUT2D eigenvalue weighted by Gasteiger charge is -2.12. The van der Waals surface area contributed by atoms with Gasteiger partial charge in [-0.2, -0.15) is 4.73 Å². The van der Waals surface area contributed by atoms with Crippen LogP contribution in [-0.2, 0) is 4.79 Å². The third-order valence-corrected chi connectivity index (χ3v) is 3.24. The molecule has 3 amide bonds. The molecule has 104 valence electrons. The first-order valence-corrected chi connectivity index (χ1v) is 6.74. The van der Waals surface area contributed by atoms with Crippen molar-refractivity contribution in [3.63, 3.8) is 0 Å². The molecule has 1 aromatic rings. The number of hydrogen-bond donors (Lipinski definition) is 2. The van der Waals surface area contributed by atoms with Gasteiger partial charge in [0.2, 0.25) is 5.91 Å². The van der Waals surface area contributed by atoms with E-state index in [1.165, 1.54) is 6.20 Å². The van der Waals surface area contributed by atoms with Gasteiger partial charge in [0.1, 0.15) is 0 Å². The fourth-order valence-electron chi connectivity index (χ4n) is 1.25. The lowest BCUT2D eigenvalue weighted by atomic mass is 10.4. The highest BCUT2D eigenvalue weighted by molar-refractivity contribution is 8.00. The van der Waals surface area contributed by atoms with Gasteiger partial charge in [0.25, 0.3) is 5.03 Å². The standard InChI is InChI=1S/C12H17N3O3S/c1-8(2)13-12(17)14-11(16)9(3)19-10-6-4-5-7-15(10)18/h4-9H,1-3H3,(H2,13,14,16,17)/t9-/m1/s1. The Bertz CT molecular complexity index is 465. The smallest absolute Gasteiger partial charge is 0.321 e. The molecule has 0 bridgehead atoms. The highest BCUT2D eigenvalue weighted by atomic mass is 32.2. The molecule has 0 aliphatic rings. The predicted molar refractivity (Wildman–Crippen MR) is 72.5 cm³/mol. The van der Waals surface area contributed by atoms with Gasteiger partial charge in [-0.1, -0.05) is 0 Å². The summed E-state index contributed by atoms with van der Waals surface area (Å²) in [7, 11) is 0. The maximum Gasteiger partial charge on any atom is 0.321 e.